The maximum Gasteiger partial charge on any atom is 0.349 e. The molecule has 0 bridgehead atoms. The maximum absolute atomic E-state index is 12.6. The molecule has 3 aliphatic rings. The number of nitrogens with one attached hydrogen (secondary N) is 1. The number of rotatable bonds is 5. The Balaban J connectivity index is 2.01. The zero-order valence-corrected chi connectivity index (χ0v) is 20.2. The van der Waals surface area contributed by atoms with Gasteiger partial charge in [0.2, 0.25) is 0 Å². The van der Waals surface area contributed by atoms with Crippen LogP contribution in [0.25, 0.3) is 22.6 Å². The number of carbonyl (C=O) groups excluding carboxylic acids is 3. The predicted molar refractivity (Wildman–Crippen MR) is 122 cm³/mol. The van der Waals surface area contributed by atoms with Gasteiger partial charge in [-0.1, -0.05) is 0 Å². The van der Waals surface area contributed by atoms with Crippen LogP contribution in [-0.4, -0.2) is 62.3 Å². The zero-order valence-electron chi connectivity index (χ0n) is 20.2. The second-order valence-electron chi connectivity index (χ2n) is 8.47. The summed E-state index contributed by atoms with van der Waals surface area (Å²) >= 11 is 0. The summed E-state index contributed by atoms with van der Waals surface area (Å²) in [4.78, 5) is 70.7. The highest BCUT2D eigenvalue weighted by Crippen LogP contribution is 2.38. The lowest BCUT2D eigenvalue weighted by Gasteiger charge is -2.27. The summed E-state index contributed by atoms with van der Waals surface area (Å²) in [5.74, 6) is -2.12. The number of H-pyrrole nitrogens is 1. The van der Waals surface area contributed by atoms with E-state index in [1.807, 2.05) is 13.8 Å². The second-order valence-corrected chi connectivity index (χ2v) is 8.47. The molecule has 0 unspecified atom stereocenters. The third-order valence-electron chi connectivity index (χ3n) is 5.76. The molecule has 4 rings (SSSR count). The number of esters is 3. The summed E-state index contributed by atoms with van der Waals surface area (Å²) in [6, 6.07) is 3.51. The number of hydrogen-bond acceptors (Lipinski definition) is 11. The third kappa shape index (κ3) is 4.69. The molecule has 36 heavy (non-hydrogen) atoms. The fraction of sp³-hybridized carbons (Fsp3) is 0.435. The lowest BCUT2D eigenvalue weighted by atomic mass is 10.1. The van der Waals surface area contributed by atoms with Crippen LogP contribution in [0.1, 0.15) is 38.1 Å². The molecular weight excluding hydrogens is 476 g/mol. The van der Waals surface area contributed by atoms with Crippen LogP contribution in [-0.2, 0) is 33.3 Å². The fourth-order valence-corrected chi connectivity index (χ4v) is 4.16. The van der Waals surface area contributed by atoms with E-state index in [9.17, 15) is 24.0 Å². The molecule has 0 aromatic heterocycles. The summed E-state index contributed by atoms with van der Waals surface area (Å²) in [6.45, 7) is 6.95. The van der Waals surface area contributed by atoms with Crippen LogP contribution in [0, 0.1) is 13.8 Å². The highest BCUT2D eigenvalue weighted by Gasteiger charge is 2.51. The Morgan fingerprint density at radius 1 is 0.972 bits per heavy atom. The zero-order chi connectivity index (χ0) is 26.3. The number of aryl methyl sites for hydroxylation is 2. The van der Waals surface area contributed by atoms with Crippen molar-refractivity contribution in [3.05, 3.63) is 44.1 Å². The minimum Gasteiger partial charge on any atom is -0.463 e. The van der Waals surface area contributed by atoms with Crippen molar-refractivity contribution in [1.82, 2.24) is 19.5 Å². The van der Waals surface area contributed by atoms with Gasteiger partial charge in [-0.2, -0.15) is 4.98 Å². The predicted octanol–water partition coefficient (Wildman–Crippen LogP) is 0.525. The molecule has 0 aliphatic carbocycles. The first kappa shape index (κ1) is 25.0. The lowest BCUT2D eigenvalue weighted by molar-refractivity contribution is -0.166. The van der Waals surface area contributed by atoms with E-state index in [1.54, 1.807) is 12.1 Å². The molecule has 0 saturated carbocycles. The van der Waals surface area contributed by atoms with Crippen LogP contribution in [0.5, 0.6) is 0 Å². The molecule has 1 saturated heterocycles. The summed E-state index contributed by atoms with van der Waals surface area (Å²) < 4.78 is 23.6. The van der Waals surface area contributed by atoms with Gasteiger partial charge in [0.25, 0.3) is 5.56 Å². The first-order valence-electron chi connectivity index (χ1n) is 11.0. The van der Waals surface area contributed by atoms with Gasteiger partial charge in [-0.05, 0) is 37.1 Å². The van der Waals surface area contributed by atoms with Crippen LogP contribution >= 0.6 is 0 Å². The number of nitrogens with zero attached hydrogens (tertiary/aromatic N) is 3. The van der Waals surface area contributed by atoms with E-state index < -0.39 is 53.7 Å². The van der Waals surface area contributed by atoms with E-state index in [1.165, 1.54) is 25.3 Å². The smallest absolute Gasteiger partial charge is 0.349 e. The minimum absolute atomic E-state index is 0.128. The summed E-state index contributed by atoms with van der Waals surface area (Å²) in [6.07, 6.45) is -4.70. The average Bonchev–Trinajstić information content (AvgIpc) is 3.07. The van der Waals surface area contributed by atoms with Crippen molar-refractivity contribution < 1.29 is 33.3 Å². The molecule has 13 nitrogen and oxygen atoms in total. The number of ether oxygens (including phenoxy) is 4. The Labute approximate surface area is 203 Å². The standard InChI is InChI=1S/C23H24N4O9/c1-9-6-14-15(7-10(9)2)27(20-17(24-14)21(31)26-23(32)25-20)22-19(35-13(5)30)18(34-12(4)29)16(36-22)8-33-11(3)28/h6-7,16,18-19,22H,8H2,1-5H3,(H,26,31,32)/t16-,18-,19-,22-/m1/s1. The average molecular weight is 500 g/mol. The second kappa shape index (κ2) is 9.49. The van der Waals surface area contributed by atoms with Crippen molar-refractivity contribution >= 4 is 28.9 Å². The largest absolute Gasteiger partial charge is 0.463 e. The summed E-state index contributed by atoms with van der Waals surface area (Å²) in [5.41, 5.74) is 0.715. The van der Waals surface area contributed by atoms with Crippen molar-refractivity contribution in [2.45, 2.75) is 59.2 Å². The first-order valence-corrected chi connectivity index (χ1v) is 11.0. The fourth-order valence-electron chi connectivity index (χ4n) is 4.16. The number of aromatic nitrogens is 4. The molecule has 0 amide bonds. The Bertz CT molecular complexity index is 1460. The topological polar surface area (TPSA) is 169 Å². The quantitative estimate of drug-likeness (QED) is 0.294. The molecular formula is C23H24N4O9. The summed E-state index contributed by atoms with van der Waals surface area (Å²) in [5, 5.41) is 0. The van der Waals surface area contributed by atoms with E-state index in [2.05, 4.69) is 15.0 Å². The van der Waals surface area contributed by atoms with E-state index in [-0.39, 0.29) is 18.1 Å². The number of hydrogen-bond donors (Lipinski definition) is 1. The maximum atomic E-state index is 12.6. The number of benzene rings is 1. The first-order chi connectivity index (χ1) is 17.0. The van der Waals surface area contributed by atoms with Gasteiger partial charge in [-0.25, -0.2) is 9.78 Å². The van der Waals surface area contributed by atoms with Gasteiger partial charge in [-0.15, -0.1) is 0 Å². The third-order valence-corrected chi connectivity index (χ3v) is 5.76. The molecule has 13 heteroatoms. The molecule has 1 aromatic carbocycles. The van der Waals surface area contributed by atoms with Gasteiger partial charge in [0.1, 0.15) is 12.7 Å². The Morgan fingerprint density at radius 2 is 1.61 bits per heavy atom. The Hall–Kier alpha value is -4.13. The van der Waals surface area contributed by atoms with E-state index in [4.69, 9.17) is 18.9 Å². The van der Waals surface area contributed by atoms with Gasteiger partial charge in [0.15, 0.2) is 30.0 Å². The molecule has 0 radical (unpaired) electrons. The van der Waals surface area contributed by atoms with Gasteiger partial charge in [0.05, 0.1) is 11.0 Å². The van der Waals surface area contributed by atoms with Crippen molar-refractivity contribution in [3.63, 3.8) is 0 Å². The van der Waals surface area contributed by atoms with Crippen LogP contribution in [0.15, 0.2) is 21.7 Å². The molecule has 1 N–H and O–H groups in total. The van der Waals surface area contributed by atoms with E-state index in [0.29, 0.717) is 11.0 Å². The number of carbonyl (C=O) groups is 3. The Kier molecular flexibility index (Phi) is 6.59. The minimum atomic E-state index is -1.25. The van der Waals surface area contributed by atoms with Gasteiger partial charge >= 0.3 is 23.6 Å². The summed E-state index contributed by atoms with van der Waals surface area (Å²) in [7, 11) is 0. The van der Waals surface area contributed by atoms with Crippen molar-refractivity contribution in [2.24, 2.45) is 0 Å². The van der Waals surface area contributed by atoms with Crippen molar-refractivity contribution in [3.8, 4) is 11.5 Å². The van der Waals surface area contributed by atoms with Crippen LogP contribution in [0.3, 0.4) is 0 Å². The van der Waals surface area contributed by atoms with Gasteiger partial charge in [0, 0.05) is 20.8 Å². The highest BCUT2D eigenvalue weighted by molar-refractivity contribution is 5.81. The Morgan fingerprint density at radius 3 is 2.25 bits per heavy atom. The number of fused-ring (bicyclic) bond motifs is 2. The van der Waals surface area contributed by atoms with Crippen molar-refractivity contribution in [2.75, 3.05) is 6.61 Å². The molecule has 3 aliphatic heterocycles. The molecule has 0 spiro atoms. The lowest BCUT2D eigenvalue weighted by Crippen LogP contribution is -2.41. The van der Waals surface area contributed by atoms with Crippen molar-refractivity contribution in [1.29, 1.82) is 0 Å². The molecule has 3 heterocycles. The van der Waals surface area contributed by atoms with Crippen LogP contribution in [0.2, 0.25) is 0 Å². The van der Waals surface area contributed by atoms with E-state index in [0.717, 1.165) is 11.1 Å². The normalized spacial score (nSPS) is 21.5. The van der Waals surface area contributed by atoms with Crippen LogP contribution in [0.4, 0.5) is 0 Å². The SMILES string of the molecule is CC(=O)OC[C@H]1O[C@@H](n2c3nc(=O)[nH]c(=O)c-3nc3cc(C)c(C)cc32)[C@H](OC(C)=O)[C@@H]1OC(C)=O. The van der Waals surface area contributed by atoms with E-state index >= 15 is 0 Å². The molecule has 1 fully saturated rings. The monoisotopic (exact) mass is 500 g/mol. The highest BCUT2D eigenvalue weighted by atomic mass is 16.7. The number of aromatic amines is 1. The molecule has 190 valence electrons. The van der Waals surface area contributed by atoms with Crippen LogP contribution < -0.4 is 11.2 Å². The molecule has 1 aromatic rings. The molecule has 4 atom stereocenters. The van der Waals surface area contributed by atoms with Gasteiger partial charge < -0.3 is 18.9 Å². The van der Waals surface area contributed by atoms with Gasteiger partial charge in [-0.3, -0.25) is 28.7 Å².